The second-order valence-corrected chi connectivity index (χ2v) is 4.01. The molecule has 2 aromatic heterocycles. The molecule has 0 radical (unpaired) electrons. The number of nitrogens with zero attached hydrogens (tertiary/aromatic N) is 4. The van der Waals surface area contributed by atoms with Gasteiger partial charge in [0.25, 0.3) is 0 Å². The molecule has 8 heteroatoms. The molecule has 88 valence electrons. The monoisotopic (exact) mass is 251 g/mol. The second-order valence-electron chi connectivity index (χ2n) is 3.07. The van der Waals surface area contributed by atoms with Crippen LogP contribution in [0.15, 0.2) is 29.7 Å². The molecule has 0 fully saturated rings. The van der Waals surface area contributed by atoms with E-state index in [1.54, 1.807) is 29.1 Å². The number of carboxylic acids is 1. The van der Waals surface area contributed by atoms with E-state index < -0.39 is 5.97 Å². The Hall–Kier alpha value is -2.09. The Balaban J connectivity index is 2.33. The second kappa shape index (κ2) is 4.83. The SMILES string of the molecule is Nc1nnc(SCC(=O)O)n1-c1cccnc1. The molecule has 0 saturated heterocycles. The van der Waals surface area contributed by atoms with Crippen LogP contribution in [0.25, 0.3) is 5.69 Å². The largest absolute Gasteiger partial charge is 0.481 e. The number of carboxylic acid groups (broad SMARTS) is 1. The van der Waals surface area contributed by atoms with Crippen LogP contribution in [0, 0.1) is 0 Å². The van der Waals surface area contributed by atoms with Crippen molar-refractivity contribution in [2.75, 3.05) is 11.5 Å². The third-order valence-corrected chi connectivity index (χ3v) is 2.80. The van der Waals surface area contributed by atoms with Gasteiger partial charge in [-0.2, -0.15) is 0 Å². The van der Waals surface area contributed by atoms with E-state index in [1.165, 1.54) is 0 Å². The standard InChI is InChI=1S/C9H9N5O2S/c10-8-12-13-9(17-5-7(15)16)14(8)6-2-1-3-11-4-6/h1-4H,5H2,(H2,10,12)(H,15,16). The van der Waals surface area contributed by atoms with Crippen LogP contribution in [0.4, 0.5) is 5.95 Å². The zero-order chi connectivity index (χ0) is 12.3. The molecule has 2 heterocycles. The molecule has 2 rings (SSSR count). The van der Waals surface area contributed by atoms with E-state index in [0.717, 1.165) is 11.8 Å². The average Bonchev–Trinajstić information content (AvgIpc) is 2.69. The molecule has 17 heavy (non-hydrogen) atoms. The van der Waals surface area contributed by atoms with Gasteiger partial charge in [0, 0.05) is 6.20 Å². The van der Waals surface area contributed by atoms with Crippen LogP contribution < -0.4 is 5.73 Å². The molecule has 0 atom stereocenters. The first kappa shape index (κ1) is 11.4. The molecular formula is C9H9N5O2S. The van der Waals surface area contributed by atoms with Crippen LogP contribution in [0.2, 0.25) is 0 Å². The molecule has 0 aromatic carbocycles. The van der Waals surface area contributed by atoms with Gasteiger partial charge in [0.2, 0.25) is 5.95 Å². The normalized spacial score (nSPS) is 10.4. The highest BCUT2D eigenvalue weighted by Crippen LogP contribution is 2.22. The summed E-state index contributed by atoms with van der Waals surface area (Å²) >= 11 is 1.05. The third-order valence-electron chi connectivity index (χ3n) is 1.89. The minimum absolute atomic E-state index is 0.0988. The maximum Gasteiger partial charge on any atom is 0.313 e. The fourth-order valence-electron chi connectivity index (χ4n) is 1.23. The minimum atomic E-state index is -0.922. The van der Waals surface area contributed by atoms with Crippen LogP contribution in [-0.4, -0.2) is 36.6 Å². The highest BCUT2D eigenvalue weighted by atomic mass is 32.2. The van der Waals surface area contributed by atoms with Crippen LogP contribution in [0.3, 0.4) is 0 Å². The van der Waals surface area contributed by atoms with Gasteiger partial charge >= 0.3 is 5.97 Å². The molecule has 0 amide bonds. The lowest BCUT2D eigenvalue weighted by Gasteiger charge is -2.05. The number of nitrogens with two attached hydrogens (primary N) is 1. The zero-order valence-corrected chi connectivity index (χ0v) is 9.46. The summed E-state index contributed by atoms with van der Waals surface area (Å²) in [5, 5.41) is 16.6. The van der Waals surface area contributed by atoms with Crippen molar-refractivity contribution in [3.05, 3.63) is 24.5 Å². The van der Waals surface area contributed by atoms with E-state index in [1.807, 2.05) is 0 Å². The summed E-state index contributed by atoms with van der Waals surface area (Å²) < 4.78 is 1.56. The molecule has 0 aliphatic carbocycles. The van der Waals surface area contributed by atoms with E-state index in [4.69, 9.17) is 10.8 Å². The molecule has 3 N–H and O–H groups in total. The Labute approximate surface area is 101 Å². The van der Waals surface area contributed by atoms with Gasteiger partial charge in [-0.1, -0.05) is 11.8 Å². The first-order valence-corrected chi connectivity index (χ1v) is 5.63. The van der Waals surface area contributed by atoms with Crippen LogP contribution in [0.1, 0.15) is 0 Å². The summed E-state index contributed by atoms with van der Waals surface area (Å²) in [5.74, 6) is -0.821. The molecule has 0 aliphatic rings. The number of thioether (sulfide) groups is 1. The quantitative estimate of drug-likeness (QED) is 0.758. The Morgan fingerprint density at radius 2 is 2.35 bits per heavy atom. The van der Waals surface area contributed by atoms with Crippen LogP contribution >= 0.6 is 11.8 Å². The molecule has 0 bridgehead atoms. The van der Waals surface area contributed by atoms with Crippen molar-refractivity contribution in [1.82, 2.24) is 19.7 Å². The van der Waals surface area contributed by atoms with Gasteiger partial charge in [0.15, 0.2) is 5.16 Å². The van der Waals surface area contributed by atoms with E-state index in [2.05, 4.69) is 15.2 Å². The van der Waals surface area contributed by atoms with Gasteiger partial charge < -0.3 is 10.8 Å². The van der Waals surface area contributed by atoms with Crippen molar-refractivity contribution in [2.45, 2.75) is 5.16 Å². The lowest BCUT2D eigenvalue weighted by Crippen LogP contribution is -2.04. The molecule has 0 unspecified atom stereocenters. The van der Waals surface area contributed by atoms with Crippen molar-refractivity contribution in [2.24, 2.45) is 0 Å². The van der Waals surface area contributed by atoms with Gasteiger partial charge in [-0.3, -0.25) is 14.3 Å². The number of rotatable bonds is 4. The number of anilines is 1. The molecular weight excluding hydrogens is 242 g/mol. The summed E-state index contributed by atoms with van der Waals surface area (Å²) in [6.07, 6.45) is 3.23. The predicted octanol–water partition coefficient (Wildman–Crippen LogP) is 0.421. The number of aromatic nitrogens is 4. The number of nitrogen functional groups attached to an aromatic ring is 1. The maximum atomic E-state index is 10.5. The highest BCUT2D eigenvalue weighted by Gasteiger charge is 2.13. The minimum Gasteiger partial charge on any atom is -0.481 e. The number of carbonyl (C=O) groups is 1. The Kier molecular flexibility index (Phi) is 3.24. The summed E-state index contributed by atoms with van der Waals surface area (Å²) in [6, 6.07) is 3.54. The fourth-order valence-corrected chi connectivity index (χ4v) is 1.91. The highest BCUT2D eigenvalue weighted by molar-refractivity contribution is 7.99. The summed E-state index contributed by atoms with van der Waals surface area (Å²) in [7, 11) is 0. The molecule has 2 aromatic rings. The van der Waals surface area contributed by atoms with Crippen molar-refractivity contribution in [3.8, 4) is 5.69 Å². The van der Waals surface area contributed by atoms with Crippen LogP contribution in [-0.2, 0) is 4.79 Å². The van der Waals surface area contributed by atoms with E-state index >= 15 is 0 Å². The van der Waals surface area contributed by atoms with Crippen molar-refractivity contribution >= 4 is 23.7 Å². The van der Waals surface area contributed by atoms with Crippen molar-refractivity contribution in [1.29, 1.82) is 0 Å². The Bertz CT molecular complexity index is 527. The molecule has 0 saturated carbocycles. The fraction of sp³-hybridized carbons (Fsp3) is 0.111. The van der Waals surface area contributed by atoms with Gasteiger partial charge in [0.1, 0.15) is 0 Å². The zero-order valence-electron chi connectivity index (χ0n) is 8.65. The number of pyridine rings is 1. The molecule has 7 nitrogen and oxygen atoms in total. The predicted molar refractivity (Wildman–Crippen MR) is 61.9 cm³/mol. The summed E-state index contributed by atoms with van der Waals surface area (Å²) in [5.41, 5.74) is 6.38. The van der Waals surface area contributed by atoms with Crippen molar-refractivity contribution in [3.63, 3.8) is 0 Å². The van der Waals surface area contributed by atoms with Gasteiger partial charge in [-0.15, -0.1) is 10.2 Å². The average molecular weight is 251 g/mol. The van der Waals surface area contributed by atoms with E-state index in [0.29, 0.717) is 10.8 Å². The Morgan fingerprint density at radius 3 is 3.00 bits per heavy atom. The smallest absolute Gasteiger partial charge is 0.313 e. The number of hydrogen-bond donors (Lipinski definition) is 2. The van der Waals surface area contributed by atoms with E-state index in [-0.39, 0.29) is 11.7 Å². The molecule has 0 spiro atoms. The lowest BCUT2D eigenvalue weighted by molar-refractivity contribution is -0.133. The lowest BCUT2D eigenvalue weighted by atomic mass is 10.4. The molecule has 0 aliphatic heterocycles. The van der Waals surface area contributed by atoms with Crippen LogP contribution in [0.5, 0.6) is 0 Å². The summed E-state index contributed by atoms with van der Waals surface area (Å²) in [4.78, 5) is 14.5. The van der Waals surface area contributed by atoms with Gasteiger partial charge in [-0.05, 0) is 12.1 Å². The van der Waals surface area contributed by atoms with Gasteiger partial charge in [-0.25, -0.2) is 0 Å². The van der Waals surface area contributed by atoms with E-state index in [9.17, 15) is 4.79 Å². The topological polar surface area (TPSA) is 107 Å². The number of aliphatic carboxylic acids is 1. The third kappa shape index (κ3) is 2.53. The van der Waals surface area contributed by atoms with Crippen molar-refractivity contribution < 1.29 is 9.90 Å². The number of hydrogen-bond acceptors (Lipinski definition) is 6. The first-order chi connectivity index (χ1) is 8.18. The Morgan fingerprint density at radius 1 is 1.53 bits per heavy atom. The van der Waals surface area contributed by atoms with Gasteiger partial charge in [0.05, 0.1) is 17.6 Å². The maximum absolute atomic E-state index is 10.5. The summed E-state index contributed by atoms with van der Waals surface area (Å²) in [6.45, 7) is 0. The first-order valence-electron chi connectivity index (χ1n) is 4.64.